The number of aromatic amines is 1. The standard InChI is InChI=1S/2C13H13ClN4O.C13H12ClN3O.C8H10N2O4.C8H12O4.C7H7N3O2S.C7H9N.C6H4Cl2N2O.C6H6N2O3.Cl3OP.O2S/c2*1-8-5-3-4-6-9(8)16-10-7-11(14)17-18-12(10)13(19)15-2;1-8-5-3-4-6-10(8)15-11-7-12(14)16-17-13(11)9(2)18;1-3-14-8(13)7(10-9)6(12)4-5(2)11;1-3-12-8(11)5-7(10)4-6(2)9;1-6-2-4-7(5-3-6)13(11,12)10-9-8;1-6-4-2-3-5-7(6)8;1-3(11)6-4(7)2-5(8)9-10-6;1-3(9)6-4(10)2-5(11)7-8-6;1-5(2,3)4;1-3-2/h2*3-7H,1-2H3,(H,15,19)(H,16,17);3-7H,1-2H3,(H,15,16);3-4H2,1-2H3;3-5H2,1-2H3;2-5H,1H3;2-5H,8H2,1H3;2H,1H3;2H,1H3,(H2,7,10,11);;/i2*2D3;;;;;;;;;. The maximum atomic E-state index is 12.0. The van der Waals surface area contributed by atoms with Crippen molar-refractivity contribution >= 4 is 228 Å². The number of halogens is 8. The number of carbonyl (C=O) groups excluding carboxylic acids is 11. The summed E-state index contributed by atoms with van der Waals surface area (Å²) in [5.41, 5.74) is 30.0. The summed E-state index contributed by atoms with van der Waals surface area (Å²) >= 11 is 41.6. The maximum Gasteiger partial charge on any atom is 0.441 e. The van der Waals surface area contributed by atoms with Crippen LogP contribution in [0.4, 0.5) is 39.8 Å². The van der Waals surface area contributed by atoms with Gasteiger partial charge in [-0.25, -0.2) is 18.3 Å². The number of ether oxygens (including phenoxy) is 2. The number of sulfonamides is 1. The highest BCUT2D eigenvalue weighted by Crippen LogP contribution is 2.61. The van der Waals surface area contributed by atoms with Crippen LogP contribution >= 0.6 is 96.9 Å². The lowest BCUT2D eigenvalue weighted by Gasteiger charge is -2.12. The summed E-state index contributed by atoms with van der Waals surface area (Å²) in [6, 6.07) is 43.2. The quantitative estimate of drug-likeness (QED) is 0.00339. The number of Topliss-reactive ketones (excluding diaryl/α,β-unsaturated/α-hetero) is 7. The van der Waals surface area contributed by atoms with E-state index in [1.807, 2.05) is 147 Å². The van der Waals surface area contributed by atoms with E-state index in [2.05, 4.69) is 119 Å². The molecule has 0 unspecified atom stereocenters. The van der Waals surface area contributed by atoms with Crippen LogP contribution in [0, 0.1) is 34.6 Å². The molecule has 0 aliphatic heterocycles. The van der Waals surface area contributed by atoms with Crippen LogP contribution in [0.2, 0.25) is 25.6 Å². The smallest absolute Gasteiger partial charge is 0.441 e. The lowest BCUT2D eigenvalue weighted by Crippen LogP contribution is -2.28. The van der Waals surface area contributed by atoms with Crippen molar-refractivity contribution in [2.45, 2.75) is 107 Å². The van der Waals surface area contributed by atoms with Gasteiger partial charge in [0, 0.05) is 99.4 Å². The molecule has 9 N–H and O–H groups in total. The van der Waals surface area contributed by atoms with Gasteiger partial charge in [0.05, 0.1) is 53.0 Å². The lowest BCUT2D eigenvalue weighted by molar-refractivity contribution is -0.146. The number of benzene rings is 5. The van der Waals surface area contributed by atoms with Crippen molar-refractivity contribution in [1.29, 1.82) is 0 Å². The van der Waals surface area contributed by atoms with Gasteiger partial charge in [-0.05, 0) is 166 Å². The molecule has 52 heteroatoms. The maximum absolute atomic E-state index is 12.0. The number of amides is 2. The van der Waals surface area contributed by atoms with E-state index in [9.17, 15) is 70.5 Å². The van der Waals surface area contributed by atoms with Crippen molar-refractivity contribution in [3.05, 3.63) is 260 Å². The third-order valence-corrected chi connectivity index (χ3v) is 16.9. The molecule has 10 rings (SSSR count). The monoisotopic (exact) mass is 2050 g/mol. The molecular weight excluding hydrogens is 1970 g/mol. The van der Waals surface area contributed by atoms with Gasteiger partial charge < -0.3 is 52.4 Å². The summed E-state index contributed by atoms with van der Waals surface area (Å²) in [6.07, 6.45) is -0.954. The third kappa shape index (κ3) is 50.2. The Morgan fingerprint density at radius 2 is 0.895 bits per heavy atom. The van der Waals surface area contributed by atoms with E-state index >= 15 is 0 Å². The van der Waals surface area contributed by atoms with E-state index in [1.165, 1.54) is 65.0 Å². The van der Waals surface area contributed by atoms with Crippen molar-refractivity contribution in [2.75, 3.05) is 48.8 Å². The van der Waals surface area contributed by atoms with Crippen LogP contribution < -0.4 is 37.9 Å². The molecule has 0 radical (unpaired) electrons. The number of nitrogens with zero attached hydrogens (tertiary/aromatic N) is 14. The number of nitrogens with two attached hydrogens (primary N) is 1. The largest absolute Gasteiger partial charge is 0.505 e. The number of nitrogens with one attached hydrogen (secondary N) is 6. The molecule has 5 heterocycles. The SMILES string of the molecule is CC(=O)c1n[nH]c(=O)cc1O.CC(=O)c1nnc(Cl)cc1Cl.CC(=O)c1nnc(Cl)cc1Nc1ccccc1C.CCOC(=O)C(=[N+]=[N-])C(=O)CC(C)=O.CCOC(=O)CC(=O)CC(C)=O.Cc1ccc(S(=O)(=O)N=[N+]=[N-])cc1.Cc1ccccc1N.O=P(Cl)(Cl)Cl.O=S=O.[2H]C([2H])([2H])NC(=O)c1nnc(Cl)cc1Nc1ccccc1C.[2H]C([2H])([2H])NC(=O)c1nnc(Cl)cc1Nc1ccccc1C. The highest BCUT2D eigenvalue weighted by Gasteiger charge is 2.31. The van der Waals surface area contributed by atoms with Gasteiger partial charge in [0.2, 0.25) is 0 Å². The molecule has 41 nitrogen and oxygen atoms in total. The first-order valence-corrected chi connectivity index (χ1v) is 45.2. The zero-order chi connectivity index (χ0) is 106. The van der Waals surface area contributed by atoms with Crippen molar-refractivity contribution < 1.29 is 102 Å². The number of H-pyrrole nitrogens is 1. The van der Waals surface area contributed by atoms with E-state index in [1.54, 1.807) is 32.0 Å². The summed E-state index contributed by atoms with van der Waals surface area (Å²) in [7, 11) is -3.82. The highest BCUT2D eigenvalue weighted by atomic mass is 36.0. The number of rotatable bonds is 23. The van der Waals surface area contributed by atoms with Gasteiger partial charge in [0.25, 0.3) is 33.2 Å². The molecule has 0 saturated heterocycles. The van der Waals surface area contributed by atoms with Crippen LogP contribution in [0.15, 0.2) is 166 Å². The van der Waals surface area contributed by atoms with Crippen LogP contribution in [0.1, 0.15) is 156 Å². The first kappa shape index (κ1) is 109. The Hall–Kier alpha value is -13.1. The number of anilines is 7. The van der Waals surface area contributed by atoms with E-state index in [4.69, 9.17) is 96.5 Å². The number of aryl methyl sites for hydroxylation is 5. The fourth-order valence-corrected chi connectivity index (χ4v) is 10.3. The predicted molar refractivity (Wildman–Crippen MR) is 504 cm³/mol. The molecule has 708 valence electrons. The average Bonchev–Trinajstić information content (AvgIpc) is 0.820. The van der Waals surface area contributed by atoms with Crippen LogP contribution in [0.25, 0.3) is 16.0 Å². The summed E-state index contributed by atoms with van der Waals surface area (Å²) in [4.78, 5) is 137. The van der Waals surface area contributed by atoms with E-state index in [0.29, 0.717) is 5.69 Å². The molecule has 0 atom stereocenters. The fraction of sp³-hybridized carbons (Fsp3) is 0.235. The Kier molecular flexibility index (Phi) is 52.1. The molecular formula is C81H86Cl8N21O20PS2. The number of azide groups is 1. The number of ketones is 7. The number of aromatic hydroxyl groups is 1. The molecule has 2 amide bonds. The van der Waals surface area contributed by atoms with Crippen LogP contribution in [-0.2, 0) is 64.4 Å². The minimum absolute atomic E-state index is 0.0101. The number of hydrogen-bond donors (Lipinski definition) is 8. The second-order valence-electron chi connectivity index (χ2n) is 25.2. The predicted octanol–water partition coefficient (Wildman–Crippen LogP) is 16.1. The fourth-order valence-electron chi connectivity index (χ4n) is 8.74. The van der Waals surface area contributed by atoms with Gasteiger partial charge >= 0.3 is 34.4 Å². The van der Waals surface area contributed by atoms with Gasteiger partial charge in [-0.3, -0.25) is 57.3 Å². The van der Waals surface area contributed by atoms with Crippen LogP contribution in [0.3, 0.4) is 0 Å². The number of aromatic nitrogens is 10. The molecule has 0 fully saturated rings. The number of para-hydroxylation sites is 4. The lowest BCUT2D eigenvalue weighted by atomic mass is 10.1. The van der Waals surface area contributed by atoms with Gasteiger partial charge in [0.1, 0.15) is 23.7 Å². The molecule has 0 saturated carbocycles. The van der Waals surface area contributed by atoms with Crippen LogP contribution in [-0.4, -0.2) is 175 Å². The molecule has 0 aliphatic carbocycles. The van der Waals surface area contributed by atoms with Crippen molar-refractivity contribution in [2.24, 2.45) is 4.52 Å². The second-order valence-corrected chi connectivity index (χ2v) is 35.5. The molecule has 0 bridgehead atoms. The van der Waals surface area contributed by atoms with Crippen molar-refractivity contribution in [3.63, 3.8) is 0 Å². The minimum Gasteiger partial charge on any atom is -0.505 e. The summed E-state index contributed by atoms with van der Waals surface area (Å²) in [6.45, 7) is 14.4. The number of carbonyl (C=O) groups is 11. The Labute approximate surface area is 812 Å². The zero-order valence-electron chi connectivity index (χ0n) is 77.8. The number of hydrogen-bond acceptors (Lipinski definition) is 33. The Morgan fingerprint density at radius 1 is 0.526 bits per heavy atom. The van der Waals surface area contributed by atoms with Gasteiger partial charge in [-0.15, -0.1) is 40.8 Å². The Morgan fingerprint density at radius 3 is 1.23 bits per heavy atom. The van der Waals surface area contributed by atoms with Gasteiger partial charge in [-0.1, -0.05) is 148 Å². The van der Waals surface area contributed by atoms with E-state index in [-0.39, 0.29) is 125 Å². The minimum atomic E-state index is -3.82. The summed E-state index contributed by atoms with van der Waals surface area (Å²) in [5, 5.41) is 53.9. The van der Waals surface area contributed by atoms with Gasteiger partial charge in [0.15, 0.2) is 72.3 Å². The normalized spacial score (nSPS) is 10.6. The second kappa shape index (κ2) is 63.8. The molecule has 10 aromatic rings. The average molecular weight is 2060 g/mol. The van der Waals surface area contributed by atoms with E-state index < -0.39 is 99.5 Å². The van der Waals surface area contributed by atoms with Gasteiger partial charge in [-0.2, -0.15) is 18.3 Å². The van der Waals surface area contributed by atoms with Crippen molar-refractivity contribution in [1.82, 2.24) is 61.6 Å². The van der Waals surface area contributed by atoms with E-state index in [0.717, 1.165) is 56.6 Å². The summed E-state index contributed by atoms with van der Waals surface area (Å²) in [5.74, 6) is -6.36. The first-order chi connectivity index (χ1) is 64.7. The molecule has 0 aliphatic rings. The highest BCUT2D eigenvalue weighted by molar-refractivity contribution is 8.24. The molecule has 0 spiro atoms. The Bertz CT molecular complexity index is 6220. The number of esters is 2. The molecule has 5 aromatic carbocycles. The van der Waals surface area contributed by atoms with Crippen LogP contribution in [0.5, 0.6) is 5.75 Å². The molecule has 5 aromatic heterocycles. The van der Waals surface area contributed by atoms with Crippen molar-refractivity contribution in [3.8, 4) is 5.75 Å². The Balaban J connectivity index is 0.00000155. The summed E-state index contributed by atoms with van der Waals surface area (Å²) < 4.78 is 103. The first-order valence-electron chi connectivity index (χ1n) is 39.8. The zero-order valence-corrected chi connectivity index (χ0v) is 80.4. The topological polar surface area (TPSA) is 632 Å². The third-order valence-electron chi connectivity index (χ3n) is 14.7. The number of nitrogen functional groups attached to an aromatic ring is 1. The molecule has 133 heavy (non-hydrogen) atoms.